The molecular formula is C13H22NO4P. The van der Waals surface area contributed by atoms with E-state index in [-0.39, 0.29) is 18.9 Å². The highest BCUT2D eigenvalue weighted by molar-refractivity contribution is 7.39. The molecule has 0 aromatic carbocycles. The maximum atomic E-state index is 8.65. The van der Waals surface area contributed by atoms with Crippen LogP contribution in [0.5, 0.6) is 0 Å². The van der Waals surface area contributed by atoms with Crippen LogP contribution in [0.4, 0.5) is 0 Å². The van der Waals surface area contributed by atoms with Crippen molar-refractivity contribution in [1.82, 2.24) is 5.32 Å². The summed E-state index contributed by atoms with van der Waals surface area (Å²) in [6.07, 6.45) is 7.32. The lowest BCUT2D eigenvalue weighted by atomic mass is 10.1. The van der Waals surface area contributed by atoms with E-state index in [9.17, 15) is 0 Å². The quantitative estimate of drug-likeness (QED) is 0.495. The van der Waals surface area contributed by atoms with Crippen molar-refractivity contribution in [3.63, 3.8) is 0 Å². The van der Waals surface area contributed by atoms with E-state index < -0.39 is 8.60 Å². The van der Waals surface area contributed by atoms with Gasteiger partial charge in [0.1, 0.15) is 6.23 Å². The SMILES string of the molecule is C=C(C)/C(C)=C/C=C\NC1CCC(COP(O)O)O1. The van der Waals surface area contributed by atoms with E-state index in [2.05, 4.69) is 11.9 Å². The Kier molecular flexibility index (Phi) is 7.28. The van der Waals surface area contributed by atoms with Crippen LogP contribution in [-0.4, -0.2) is 28.7 Å². The molecule has 0 aromatic rings. The molecule has 0 radical (unpaired) electrons. The Morgan fingerprint density at radius 1 is 1.47 bits per heavy atom. The van der Waals surface area contributed by atoms with E-state index in [1.54, 1.807) is 0 Å². The summed E-state index contributed by atoms with van der Waals surface area (Å²) in [7, 11) is -2.29. The molecule has 1 aliphatic rings. The van der Waals surface area contributed by atoms with Crippen molar-refractivity contribution in [3.8, 4) is 0 Å². The fraction of sp³-hybridized carbons (Fsp3) is 0.538. The summed E-state index contributed by atoms with van der Waals surface area (Å²) >= 11 is 0. The smallest absolute Gasteiger partial charge is 0.327 e. The summed E-state index contributed by atoms with van der Waals surface area (Å²) in [5.41, 5.74) is 2.18. The van der Waals surface area contributed by atoms with Crippen LogP contribution in [0, 0.1) is 0 Å². The molecule has 0 spiro atoms. The molecule has 6 heteroatoms. The Hall–Kier alpha value is -0.710. The number of nitrogens with one attached hydrogen (secondary N) is 1. The topological polar surface area (TPSA) is 71.0 Å². The maximum Gasteiger partial charge on any atom is 0.327 e. The molecule has 1 fully saturated rings. The summed E-state index contributed by atoms with van der Waals surface area (Å²) < 4.78 is 10.4. The van der Waals surface area contributed by atoms with Gasteiger partial charge in [0, 0.05) is 0 Å². The monoisotopic (exact) mass is 287 g/mol. The predicted octanol–water partition coefficient (Wildman–Crippen LogP) is 2.35. The van der Waals surface area contributed by atoms with E-state index in [4.69, 9.17) is 19.0 Å². The summed E-state index contributed by atoms with van der Waals surface area (Å²) in [4.78, 5) is 17.3. The third-order valence-corrected chi connectivity index (χ3v) is 3.26. The highest BCUT2D eigenvalue weighted by Gasteiger charge is 2.25. The number of rotatable bonds is 7. The first-order valence-corrected chi connectivity index (χ1v) is 7.37. The maximum absolute atomic E-state index is 8.65. The minimum Gasteiger partial charge on any atom is -0.366 e. The van der Waals surface area contributed by atoms with E-state index in [0.29, 0.717) is 0 Å². The minimum atomic E-state index is -2.29. The van der Waals surface area contributed by atoms with E-state index in [1.807, 2.05) is 32.2 Å². The van der Waals surface area contributed by atoms with Crippen molar-refractivity contribution in [2.45, 2.75) is 39.0 Å². The molecule has 0 amide bonds. The largest absolute Gasteiger partial charge is 0.366 e. The van der Waals surface area contributed by atoms with Gasteiger partial charge in [0.05, 0.1) is 12.7 Å². The van der Waals surface area contributed by atoms with Crippen LogP contribution in [0.25, 0.3) is 0 Å². The molecule has 1 aliphatic heterocycles. The molecule has 0 aliphatic carbocycles. The van der Waals surface area contributed by atoms with E-state index >= 15 is 0 Å². The molecule has 0 bridgehead atoms. The first-order valence-electron chi connectivity index (χ1n) is 6.20. The Balaban J connectivity index is 2.23. The molecule has 1 heterocycles. The van der Waals surface area contributed by atoms with Crippen molar-refractivity contribution >= 4 is 8.60 Å². The van der Waals surface area contributed by atoms with Crippen molar-refractivity contribution < 1.29 is 19.0 Å². The first kappa shape index (κ1) is 16.3. The normalized spacial score (nSPS) is 24.4. The van der Waals surface area contributed by atoms with Crippen LogP contribution >= 0.6 is 8.60 Å². The summed E-state index contributed by atoms with van der Waals surface area (Å²) in [6, 6.07) is 0. The van der Waals surface area contributed by atoms with Crippen LogP contribution in [0.15, 0.2) is 36.1 Å². The lowest BCUT2D eigenvalue weighted by molar-refractivity contribution is 0.00659. The third kappa shape index (κ3) is 6.85. The second-order valence-electron chi connectivity index (χ2n) is 4.53. The fourth-order valence-corrected chi connectivity index (χ4v) is 1.90. The van der Waals surface area contributed by atoms with Crippen molar-refractivity contribution in [1.29, 1.82) is 0 Å². The second kappa shape index (κ2) is 8.46. The molecule has 0 saturated carbocycles. The van der Waals surface area contributed by atoms with Gasteiger partial charge in [-0.2, -0.15) is 0 Å². The van der Waals surface area contributed by atoms with Crippen molar-refractivity contribution in [3.05, 3.63) is 36.1 Å². The van der Waals surface area contributed by atoms with Gasteiger partial charge < -0.3 is 24.4 Å². The minimum absolute atomic E-state index is 0.0491. The number of allylic oxidation sites excluding steroid dienone is 4. The molecule has 2 atom stereocenters. The Morgan fingerprint density at radius 3 is 2.84 bits per heavy atom. The third-order valence-electron chi connectivity index (χ3n) is 2.88. The van der Waals surface area contributed by atoms with Gasteiger partial charge in [0.2, 0.25) is 0 Å². The second-order valence-corrected chi connectivity index (χ2v) is 5.29. The van der Waals surface area contributed by atoms with Crippen LogP contribution in [0.2, 0.25) is 0 Å². The molecule has 108 valence electrons. The molecule has 19 heavy (non-hydrogen) atoms. The zero-order valence-corrected chi connectivity index (χ0v) is 12.3. The van der Waals surface area contributed by atoms with Crippen LogP contribution in [0.1, 0.15) is 26.7 Å². The van der Waals surface area contributed by atoms with Crippen molar-refractivity contribution in [2.75, 3.05) is 6.61 Å². The molecular weight excluding hydrogens is 265 g/mol. The van der Waals surface area contributed by atoms with Gasteiger partial charge in [-0.05, 0) is 44.5 Å². The Morgan fingerprint density at radius 2 is 2.21 bits per heavy atom. The van der Waals surface area contributed by atoms with Gasteiger partial charge in [0.25, 0.3) is 0 Å². The average Bonchev–Trinajstić information content (AvgIpc) is 2.79. The van der Waals surface area contributed by atoms with E-state index in [0.717, 1.165) is 24.0 Å². The van der Waals surface area contributed by atoms with Gasteiger partial charge in [-0.25, -0.2) is 0 Å². The van der Waals surface area contributed by atoms with Crippen LogP contribution < -0.4 is 5.32 Å². The fourth-order valence-electron chi connectivity index (χ4n) is 1.60. The van der Waals surface area contributed by atoms with Gasteiger partial charge >= 0.3 is 8.60 Å². The summed E-state index contributed by atoms with van der Waals surface area (Å²) in [5, 5.41) is 3.14. The molecule has 0 aromatic heterocycles. The number of hydrogen-bond donors (Lipinski definition) is 3. The van der Waals surface area contributed by atoms with Gasteiger partial charge in [0.15, 0.2) is 0 Å². The first-order chi connectivity index (χ1) is 8.99. The zero-order valence-electron chi connectivity index (χ0n) is 11.4. The van der Waals surface area contributed by atoms with Crippen molar-refractivity contribution in [2.24, 2.45) is 0 Å². The van der Waals surface area contributed by atoms with Gasteiger partial charge in [-0.1, -0.05) is 18.2 Å². The predicted molar refractivity (Wildman–Crippen MR) is 76.1 cm³/mol. The Labute approximate surface area is 115 Å². The standard InChI is InChI=1S/C13H22NO4P/c1-10(2)11(3)5-4-8-14-13-7-6-12(18-13)9-17-19(15)16/h4-5,8,12-16H,1,6-7,9H2,2-3H3/b8-4-,11-5+. The van der Waals surface area contributed by atoms with Crippen LogP contribution in [0.3, 0.4) is 0 Å². The number of hydrogen-bond acceptors (Lipinski definition) is 5. The zero-order chi connectivity index (χ0) is 14.3. The molecule has 5 nitrogen and oxygen atoms in total. The molecule has 1 rings (SSSR count). The van der Waals surface area contributed by atoms with E-state index in [1.165, 1.54) is 0 Å². The lowest BCUT2D eigenvalue weighted by Crippen LogP contribution is -2.25. The summed E-state index contributed by atoms with van der Waals surface area (Å²) in [5.74, 6) is 0. The molecule has 2 unspecified atom stereocenters. The summed E-state index contributed by atoms with van der Waals surface area (Å²) in [6.45, 7) is 8.05. The molecule has 1 saturated heterocycles. The van der Waals surface area contributed by atoms with Gasteiger partial charge in [-0.3, -0.25) is 0 Å². The van der Waals surface area contributed by atoms with Gasteiger partial charge in [-0.15, -0.1) is 0 Å². The lowest BCUT2D eigenvalue weighted by Gasteiger charge is -2.13. The van der Waals surface area contributed by atoms with Crippen LogP contribution in [-0.2, 0) is 9.26 Å². The Bertz CT molecular complexity index is 355. The highest BCUT2D eigenvalue weighted by atomic mass is 31.2. The molecule has 3 N–H and O–H groups in total. The highest BCUT2D eigenvalue weighted by Crippen LogP contribution is 2.27. The number of ether oxygens (including phenoxy) is 1. The average molecular weight is 287 g/mol.